The molecule has 0 saturated heterocycles. The van der Waals surface area contributed by atoms with Crippen molar-refractivity contribution in [2.75, 3.05) is 0 Å². The zero-order valence-corrected chi connectivity index (χ0v) is 11.5. The van der Waals surface area contributed by atoms with Crippen LogP contribution >= 0.6 is 0 Å². The zero-order valence-electron chi connectivity index (χ0n) is 11.5. The maximum atomic E-state index is 11.2. The molecule has 0 aliphatic heterocycles. The first-order chi connectivity index (χ1) is 8.82. The first-order valence-electron chi connectivity index (χ1n) is 6.16. The highest BCUT2D eigenvalue weighted by atomic mass is 16.4. The van der Waals surface area contributed by atoms with Gasteiger partial charge in [-0.1, -0.05) is 27.7 Å². The van der Waals surface area contributed by atoms with Crippen molar-refractivity contribution >= 4 is 5.97 Å². The summed E-state index contributed by atoms with van der Waals surface area (Å²) in [5.74, 6) is 0.224. The number of hydrogen-bond donors (Lipinski definition) is 1. The molecular formula is C14H17NO4. The Morgan fingerprint density at radius 3 is 2.42 bits per heavy atom. The molecule has 0 amide bonds. The second-order valence-corrected chi connectivity index (χ2v) is 5.37. The van der Waals surface area contributed by atoms with E-state index in [1.165, 1.54) is 0 Å². The minimum atomic E-state index is -1.12. The lowest BCUT2D eigenvalue weighted by molar-refractivity contribution is 0.0659. The van der Waals surface area contributed by atoms with Gasteiger partial charge >= 0.3 is 5.97 Å². The van der Waals surface area contributed by atoms with Gasteiger partial charge in [0, 0.05) is 11.8 Å². The molecule has 0 atom stereocenters. The van der Waals surface area contributed by atoms with Crippen LogP contribution in [0.1, 0.15) is 49.7 Å². The number of aromatic nitrogens is 1. The van der Waals surface area contributed by atoms with Crippen molar-refractivity contribution in [3.8, 4) is 11.7 Å². The summed E-state index contributed by atoms with van der Waals surface area (Å²) in [7, 11) is 0. The molecule has 0 aliphatic carbocycles. The van der Waals surface area contributed by atoms with Crippen LogP contribution in [-0.4, -0.2) is 16.1 Å². The number of carboxylic acid groups (broad SMARTS) is 1. The fourth-order valence-corrected chi connectivity index (χ4v) is 1.76. The molecule has 1 N–H and O–H groups in total. The van der Waals surface area contributed by atoms with Gasteiger partial charge < -0.3 is 13.9 Å². The lowest BCUT2D eigenvalue weighted by Crippen LogP contribution is -2.16. The van der Waals surface area contributed by atoms with Crippen molar-refractivity contribution in [2.45, 2.75) is 39.5 Å². The largest absolute Gasteiger partial charge is 0.475 e. The molecule has 2 aromatic rings. The third-order valence-electron chi connectivity index (χ3n) is 2.75. The highest BCUT2D eigenvalue weighted by molar-refractivity contribution is 5.86. The van der Waals surface area contributed by atoms with Crippen molar-refractivity contribution in [3.05, 3.63) is 29.3 Å². The summed E-state index contributed by atoms with van der Waals surface area (Å²) in [6, 6.07) is 3.57. The van der Waals surface area contributed by atoms with Gasteiger partial charge in [0.05, 0.1) is 0 Å². The number of furan rings is 1. The average Bonchev–Trinajstić information content (AvgIpc) is 2.94. The first-order valence-corrected chi connectivity index (χ1v) is 6.16. The van der Waals surface area contributed by atoms with Gasteiger partial charge in [-0.15, -0.1) is 0 Å². The highest BCUT2D eigenvalue weighted by Crippen LogP contribution is 2.31. The third-order valence-corrected chi connectivity index (χ3v) is 2.75. The quantitative estimate of drug-likeness (QED) is 0.917. The molecule has 0 bridgehead atoms. The number of carboxylic acids is 1. The van der Waals surface area contributed by atoms with E-state index in [0.717, 1.165) is 12.2 Å². The molecule has 0 unspecified atom stereocenters. The van der Waals surface area contributed by atoms with Crippen LogP contribution in [-0.2, 0) is 11.8 Å². The van der Waals surface area contributed by atoms with Crippen LogP contribution in [0.15, 0.2) is 21.0 Å². The van der Waals surface area contributed by atoms with Gasteiger partial charge in [-0.3, -0.25) is 0 Å². The predicted molar refractivity (Wildman–Crippen MR) is 69.2 cm³/mol. The van der Waals surface area contributed by atoms with E-state index in [4.69, 9.17) is 8.83 Å². The van der Waals surface area contributed by atoms with Gasteiger partial charge in [-0.2, -0.15) is 0 Å². The Morgan fingerprint density at radius 1 is 1.32 bits per heavy atom. The molecular weight excluding hydrogens is 246 g/mol. The summed E-state index contributed by atoms with van der Waals surface area (Å²) in [6.45, 7) is 7.64. The number of aromatic carboxylic acids is 1. The molecule has 2 heterocycles. The molecule has 5 nitrogen and oxygen atoms in total. The second-order valence-electron chi connectivity index (χ2n) is 5.37. The van der Waals surface area contributed by atoms with Crippen LogP contribution < -0.4 is 0 Å². The predicted octanol–water partition coefficient (Wildman–Crippen LogP) is 3.49. The Bertz CT molecular complexity index is 601. The third kappa shape index (κ3) is 2.54. The van der Waals surface area contributed by atoms with Crippen LogP contribution in [0.4, 0.5) is 0 Å². The van der Waals surface area contributed by atoms with E-state index >= 15 is 0 Å². The summed E-state index contributed by atoms with van der Waals surface area (Å²) in [5.41, 5.74) is 0.0137. The first kappa shape index (κ1) is 13.4. The number of rotatable bonds is 3. The van der Waals surface area contributed by atoms with Crippen LogP contribution in [0.25, 0.3) is 11.7 Å². The smallest absolute Gasteiger partial charge is 0.373 e. The summed E-state index contributed by atoms with van der Waals surface area (Å²) in [5, 5.41) is 9.18. The van der Waals surface area contributed by atoms with E-state index in [2.05, 4.69) is 4.98 Å². The number of hydrogen-bond acceptors (Lipinski definition) is 4. The van der Waals surface area contributed by atoms with Crippen molar-refractivity contribution < 1.29 is 18.7 Å². The minimum absolute atomic E-state index is 0.128. The number of oxazole rings is 1. The molecule has 2 aromatic heterocycles. The average molecular weight is 263 g/mol. The Hall–Kier alpha value is -2.04. The fourth-order valence-electron chi connectivity index (χ4n) is 1.76. The van der Waals surface area contributed by atoms with Gasteiger partial charge in [0.1, 0.15) is 11.5 Å². The van der Waals surface area contributed by atoms with Crippen LogP contribution in [0, 0.1) is 0 Å². The van der Waals surface area contributed by atoms with Crippen molar-refractivity contribution in [2.24, 2.45) is 0 Å². The SMILES string of the molecule is CCc1ccc(-c2nc(C(C)(C)C)c(C(=O)O)o2)o1. The molecule has 0 aromatic carbocycles. The van der Waals surface area contributed by atoms with E-state index in [1.54, 1.807) is 6.07 Å². The van der Waals surface area contributed by atoms with Crippen molar-refractivity contribution in [3.63, 3.8) is 0 Å². The second kappa shape index (κ2) is 4.57. The van der Waals surface area contributed by atoms with Gasteiger partial charge in [-0.05, 0) is 12.1 Å². The maximum absolute atomic E-state index is 11.2. The van der Waals surface area contributed by atoms with Gasteiger partial charge in [0.2, 0.25) is 5.76 Å². The van der Waals surface area contributed by atoms with E-state index in [0.29, 0.717) is 11.5 Å². The van der Waals surface area contributed by atoms with Crippen LogP contribution in [0.5, 0.6) is 0 Å². The fraction of sp³-hybridized carbons (Fsp3) is 0.429. The molecule has 0 aliphatic rings. The minimum Gasteiger partial charge on any atom is -0.475 e. The monoisotopic (exact) mass is 263 g/mol. The lowest BCUT2D eigenvalue weighted by atomic mass is 9.91. The Balaban J connectivity index is 2.51. The molecule has 2 rings (SSSR count). The number of aryl methyl sites for hydroxylation is 1. The van der Waals surface area contributed by atoms with E-state index < -0.39 is 11.4 Å². The molecule has 0 radical (unpaired) electrons. The van der Waals surface area contributed by atoms with Crippen molar-refractivity contribution in [1.29, 1.82) is 0 Å². The topological polar surface area (TPSA) is 76.5 Å². The Kier molecular flexibility index (Phi) is 3.22. The summed E-state index contributed by atoms with van der Waals surface area (Å²) in [6.07, 6.45) is 0.763. The van der Waals surface area contributed by atoms with Crippen LogP contribution in [0.2, 0.25) is 0 Å². The molecule has 102 valence electrons. The van der Waals surface area contributed by atoms with Gasteiger partial charge in [0.25, 0.3) is 5.89 Å². The maximum Gasteiger partial charge on any atom is 0.373 e. The van der Waals surface area contributed by atoms with Crippen LogP contribution in [0.3, 0.4) is 0 Å². The molecule has 0 spiro atoms. The summed E-state index contributed by atoms with van der Waals surface area (Å²) < 4.78 is 10.9. The molecule has 19 heavy (non-hydrogen) atoms. The summed E-state index contributed by atoms with van der Waals surface area (Å²) in [4.78, 5) is 15.5. The van der Waals surface area contributed by atoms with E-state index in [-0.39, 0.29) is 11.7 Å². The lowest BCUT2D eigenvalue weighted by Gasteiger charge is -2.14. The van der Waals surface area contributed by atoms with E-state index in [9.17, 15) is 9.90 Å². The standard InChI is InChI=1S/C14H17NO4/c1-5-8-6-7-9(18-8)12-15-11(14(2,3)4)10(19-12)13(16)17/h6-7H,5H2,1-4H3,(H,16,17). The normalized spacial score (nSPS) is 11.8. The Labute approximate surface area is 111 Å². The number of carbonyl (C=O) groups is 1. The highest BCUT2D eigenvalue weighted by Gasteiger charge is 2.29. The number of nitrogens with zero attached hydrogens (tertiary/aromatic N) is 1. The van der Waals surface area contributed by atoms with E-state index in [1.807, 2.05) is 33.8 Å². The molecule has 0 fully saturated rings. The summed E-state index contributed by atoms with van der Waals surface area (Å²) >= 11 is 0. The molecule has 0 saturated carbocycles. The van der Waals surface area contributed by atoms with Gasteiger partial charge in [-0.25, -0.2) is 9.78 Å². The zero-order chi connectivity index (χ0) is 14.2. The Morgan fingerprint density at radius 2 is 2.00 bits per heavy atom. The van der Waals surface area contributed by atoms with Gasteiger partial charge in [0.15, 0.2) is 5.76 Å². The molecule has 5 heteroatoms. The van der Waals surface area contributed by atoms with Crippen molar-refractivity contribution in [1.82, 2.24) is 4.98 Å².